The Hall–Kier alpha value is -2.66. The first-order chi connectivity index (χ1) is 18.6. The number of alkyl halides is 3. The molecule has 2 aromatic heterocycles. The Kier molecular flexibility index (Phi) is 8.57. The van der Waals surface area contributed by atoms with Crippen LogP contribution < -0.4 is 0 Å². The summed E-state index contributed by atoms with van der Waals surface area (Å²) in [5, 5.41) is 13.3. The fourth-order valence-electron chi connectivity index (χ4n) is 6.30. The molecule has 2 saturated carbocycles. The van der Waals surface area contributed by atoms with Crippen molar-refractivity contribution >= 4 is 40.9 Å². The van der Waals surface area contributed by atoms with Crippen LogP contribution in [-0.2, 0) is 11.0 Å². The standard InChI is InChI=1S/C27H31Cl2F3N4O4/c1-14-6-16(4-5-17(14)25(39)40)36-23(27(30,31)32)18(9-34-36)24(38)35(12-15-7-26(2,3)8-15)13-21(37)22-19(28)10-33-11-20(22)29/h9-11,14-17H,4-8,12-13H2,1-3H3,(H,39,40)/t14-,16?,17+/m1/s1. The number of carboxylic acid groups (broad SMARTS) is 1. The van der Waals surface area contributed by atoms with Crippen LogP contribution in [0.2, 0.25) is 10.0 Å². The number of aliphatic carboxylic acids is 1. The first-order valence-corrected chi connectivity index (χ1v) is 13.8. The van der Waals surface area contributed by atoms with E-state index >= 15 is 0 Å². The molecule has 2 heterocycles. The van der Waals surface area contributed by atoms with Crippen LogP contribution in [-0.4, -0.2) is 55.5 Å². The zero-order chi connectivity index (χ0) is 29.6. The van der Waals surface area contributed by atoms with Gasteiger partial charge in [0.05, 0.1) is 45.9 Å². The molecule has 3 atom stereocenters. The summed E-state index contributed by atoms with van der Waals surface area (Å²) in [7, 11) is 0. The number of aromatic nitrogens is 3. The lowest BCUT2D eigenvalue weighted by atomic mass is 9.64. The molecular formula is C27H31Cl2F3N4O4. The number of hydrogen-bond acceptors (Lipinski definition) is 5. The number of halogens is 5. The van der Waals surface area contributed by atoms with E-state index in [4.69, 9.17) is 23.2 Å². The highest BCUT2D eigenvalue weighted by atomic mass is 35.5. The summed E-state index contributed by atoms with van der Waals surface area (Å²) in [5.74, 6) is -3.58. The van der Waals surface area contributed by atoms with Gasteiger partial charge in [-0.15, -0.1) is 0 Å². The first kappa shape index (κ1) is 30.3. The fraction of sp³-hybridized carbons (Fsp3) is 0.593. The Morgan fingerprint density at radius 2 is 1.75 bits per heavy atom. The lowest BCUT2D eigenvalue weighted by molar-refractivity contribution is -0.149. The van der Waals surface area contributed by atoms with Gasteiger partial charge in [-0.1, -0.05) is 44.0 Å². The minimum atomic E-state index is -4.92. The van der Waals surface area contributed by atoms with Gasteiger partial charge in [-0.25, -0.2) is 0 Å². The molecule has 0 aliphatic heterocycles. The molecule has 0 spiro atoms. The molecule has 0 radical (unpaired) electrons. The minimum absolute atomic E-state index is 0.00617. The molecule has 218 valence electrons. The zero-order valence-electron chi connectivity index (χ0n) is 22.3. The van der Waals surface area contributed by atoms with Crippen molar-refractivity contribution < 1.29 is 32.7 Å². The summed E-state index contributed by atoms with van der Waals surface area (Å²) >= 11 is 12.3. The Bertz CT molecular complexity index is 1280. The molecular weight excluding hydrogens is 572 g/mol. The maximum Gasteiger partial charge on any atom is 0.433 e. The van der Waals surface area contributed by atoms with Gasteiger partial charge in [0.1, 0.15) is 0 Å². The maximum absolute atomic E-state index is 14.5. The number of rotatable bonds is 8. The van der Waals surface area contributed by atoms with Crippen LogP contribution in [0.4, 0.5) is 13.2 Å². The maximum atomic E-state index is 14.5. The second kappa shape index (κ2) is 11.3. The van der Waals surface area contributed by atoms with Crippen molar-refractivity contribution in [2.75, 3.05) is 13.1 Å². The van der Waals surface area contributed by atoms with E-state index in [0.29, 0.717) is 0 Å². The molecule has 1 unspecified atom stereocenters. The quantitative estimate of drug-likeness (QED) is 0.349. The van der Waals surface area contributed by atoms with Crippen molar-refractivity contribution in [2.24, 2.45) is 23.2 Å². The number of hydrogen-bond donors (Lipinski definition) is 1. The van der Waals surface area contributed by atoms with Crippen LogP contribution in [0.15, 0.2) is 18.6 Å². The van der Waals surface area contributed by atoms with Gasteiger partial charge in [0, 0.05) is 18.9 Å². The SMILES string of the molecule is C[C@@H]1CC(n2ncc(C(=O)N(CC(=O)c3c(Cl)cncc3Cl)CC3CC(C)(C)C3)c2C(F)(F)F)CC[C@@H]1C(=O)O. The van der Waals surface area contributed by atoms with Crippen molar-refractivity contribution in [1.82, 2.24) is 19.7 Å². The minimum Gasteiger partial charge on any atom is -0.481 e. The van der Waals surface area contributed by atoms with E-state index in [9.17, 15) is 32.7 Å². The largest absolute Gasteiger partial charge is 0.481 e. The van der Waals surface area contributed by atoms with Crippen LogP contribution in [0.3, 0.4) is 0 Å². The summed E-state index contributed by atoms with van der Waals surface area (Å²) in [6, 6.07) is -0.722. The number of pyridine rings is 1. The predicted octanol–water partition coefficient (Wildman–Crippen LogP) is 6.43. The third-order valence-corrected chi connectivity index (χ3v) is 8.59. The van der Waals surface area contributed by atoms with Crippen LogP contribution in [0.1, 0.15) is 85.3 Å². The number of carbonyl (C=O) groups is 3. The second-order valence-corrected chi connectivity index (χ2v) is 12.6. The van der Waals surface area contributed by atoms with Gasteiger partial charge in [-0.2, -0.15) is 18.3 Å². The smallest absolute Gasteiger partial charge is 0.433 e. The Morgan fingerprint density at radius 3 is 2.27 bits per heavy atom. The molecule has 1 N–H and O–H groups in total. The van der Waals surface area contributed by atoms with Crippen molar-refractivity contribution in [2.45, 2.75) is 65.1 Å². The molecule has 0 aromatic carbocycles. The summed E-state index contributed by atoms with van der Waals surface area (Å²) in [6.45, 7) is 5.36. The van der Waals surface area contributed by atoms with Gasteiger partial charge in [0.2, 0.25) is 0 Å². The molecule has 2 aromatic rings. The molecule has 0 bridgehead atoms. The van der Waals surface area contributed by atoms with Crippen LogP contribution in [0.5, 0.6) is 0 Å². The normalized spacial score (nSPS) is 22.9. The average Bonchev–Trinajstić information content (AvgIpc) is 3.27. The van der Waals surface area contributed by atoms with Crippen molar-refractivity contribution in [1.29, 1.82) is 0 Å². The lowest BCUT2D eigenvalue weighted by Crippen LogP contribution is -2.45. The molecule has 2 aliphatic carbocycles. The summed E-state index contributed by atoms with van der Waals surface area (Å²) in [4.78, 5) is 43.4. The topological polar surface area (TPSA) is 105 Å². The monoisotopic (exact) mass is 602 g/mol. The van der Waals surface area contributed by atoms with Crippen LogP contribution >= 0.6 is 23.2 Å². The number of nitrogens with zero attached hydrogens (tertiary/aromatic N) is 4. The summed E-state index contributed by atoms with van der Waals surface area (Å²) in [6.07, 6.45) is 0.489. The van der Waals surface area contributed by atoms with Gasteiger partial charge < -0.3 is 10.0 Å². The molecule has 4 rings (SSSR count). The average molecular weight is 603 g/mol. The lowest BCUT2D eigenvalue weighted by Gasteiger charge is -2.44. The second-order valence-electron chi connectivity index (χ2n) is 11.8. The van der Waals surface area contributed by atoms with Crippen molar-refractivity contribution in [3.05, 3.63) is 45.5 Å². The molecule has 0 saturated heterocycles. The van der Waals surface area contributed by atoms with Gasteiger partial charge in [-0.3, -0.25) is 24.0 Å². The van der Waals surface area contributed by atoms with Gasteiger partial charge in [-0.05, 0) is 49.4 Å². The predicted molar refractivity (Wildman–Crippen MR) is 141 cm³/mol. The highest BCUT2D eigenvalue weighted by Crippen LogP contribution is 2.45. The van der Waals surface area contributed by atoms with Gasteiger partial charge in [0.15, 0.2) is 11.5 Å². The number of Topliss-reactive ketones (excluding diaryl/α,β-unsaturated/α-hetero) is 1. The Labute approximate surface area is 239 Å². The van der Waals surface area contributed by atoms with Gasteiger partial charge >= 0.3 is 12.1 Å². The molecule has 1 amide bonds. The van der Waals surface area contributed by atoms with Crippen LogP contribution in [0.25, 0.3) is 0 Å². The van der Waals surface area contributed by atoms with Gasteiger partial charge in [0.25, 0.3) is 5.91 Å². The molecule has 2 aliphatic rings. The molecule has 8 nitrogen and oxygen atoms in total. The number of carbonyl (C=O) groups excluding carboxylic acids is 2. The zero-order valence-corrected chi connectivity index (χ0v) is 23.9. The van der Waals surface area contributed by atoms with E-state index in [1.807, 2.05) is 0 Å². The van der Waals surface area contributed by atoms with Crippen molar-refractivity contribution in [3.8, 4) is 0 Å². The van der Waals surface area contributed by atoms with E-state index < -0.39 is 53.6 Å². The Balaban J connectivity index is 1.66. The number of ketones is 1. The Morgan fingerprint density at radius 1 is 1.12 bits per heavy atom. The molecule has 2 fully saturated rings. The third-order valence-electron chi connectivity index (χ3n) is 8.01. The first-order valence-electron chi connectivity index (χ1n) is 13.1. The third kappa shape index (κ3) is 6.30. The van der Waals surface area contributed by atoms with Crippen molar-refractivity contribution in [3.63, 3.8) is 0 Å². The van der Waals surface area contributed by atoms with E-state index in [1.165, 1.54) is 12.4 Å². The summed E-state index contributed by atoms with van der Waals surface area (Å²) < 4.78 is 44.2. The summed E-state index contributed by atoms with van der Waals surface area (Å²) in [5.41, 5.74) is -1.87. The van der Waals surface area contributed by atoms with E-state index in [2.05, 4.69) is 23.9 Å². The number of amides is 1. The molecule has 13 heteroatoms. The highest BCUT2D eigenvalue weighted by molar-refractivity contribution is 6.39. The molecule has 40 heavy (non-hydrogen) atoms. The van der Waals surface area contributed by atoms with Crippen LogP contribution in [0, 0.1) is 23.2 Å². The van der Waals surface area contributed by atoms with E-state index in [0.717, 1.165) is 28.6 Å². The highest BCUT2D eigenvalue weighted by Gasteiger charge is 2.45. The number of carboxylic acids is 1. The fourth-order valence-corrected chi connectivity index (χ4v) is 6.87. The van der Waals surface area contributed by atoms with E-state index in [1.54, 1.807) is 6.92 Å². The van der Waals surface area contributed by atoms with E-state index in [-0.39, 0.29) is 58.7 Å².